The number of imidazole rings is 1. The van der Waals surface area contributed by atoms with Gasteiger partial charge in [0.25, 0.3) is 0 Å². The van der Waals surface area contributed by atoms with E-state index in [9.17, 15) is 0 Å². The van der Waals surface area contributed by atoms with Gasteiger partial charge in [-0.15, -0.1) is 22.7 Å². The van der Waals surface area contributed by atoms with Crippen LogP contribution >= 0.6 is 22.7 Å². The number of hydrogen-bond donors (Lipinski definition) is 1. The van der Waals surface area contributed by atoms with E-state index < -0.39 is 0 Å². The number of thiazole rings is 1. The number of nitrogens with zero attached hydrogens (tertiary/aromatic N) is 2. The summed E-state index contributed by atoms with van der Waals surface area (Å²) in [5.74, 6) is 2.53. The molecule has 3 nitrogen and oxygen atoms in total. The van der Waals surface area contributed by atoms with Gasteiger partial charge in [-0.2, -0.15) is 0 Å². The summed E-state index contributed by atoms with van der Waals surface area (Å²) in [5, 5.41) is 2.13. The Bertz CT molecular complexity index is 755. The van der Waals surface area contributed by atoms with Crippen molar-refractivity contribution >= 4 is 22.7 Å². The molecule has 0 aliphatic heterocycles. The van der Waals surface area contributed by atoms with Gasteiger partial charge in [-0.1, -0.05) is 27.7 Å². The summed E-state index contributed by atoms with van der Waals surface area (Å²) in [4.78, 5) is 15.4. The van der Waals surface area contributed by atoms with Crippen LogP contribution in [0.3, 0.4) is 0 Å². The van der Waals surface area contributed by atoms with Crippen molar-refractivity contribution in [3.8, 4) is 0 Å². The summed E-state index contributed by atoms with van der Waals surface area (Å²) in [7, 11) is 0. The number of nitrogens with one attached hydrogen (secondary N) is 1. The maximum atomic E-state index is 4.59. The molecule has 0 aromatic carbocycles. The highest BCUT2D eigenvalue weighted by Crippen LogP contribution is 2.28. The van der Waals surface area contributed by atoms with Crippen molar-refractivity contribution in [3.05, 3.63) is 56.2 Å². The number of hydrogen-bond acceptors (Lipinski definition) is 4. The summed E-state index contributed by atoms with van der Waals surface area (Å²) < 4.78 is 0. The van der Waals surface area contributed by atoms with Gasteiger partial charge >= 0.3 is 0 Å². The molecular weight excluding hydrogens is 334 g/mol. The van der Waals surface area contributed by atoms with Gasteiger partial charge in [0.05, 0.1) is 11.2 Å². The van der Waals surface area contributed by atoms with Gasteiger partial charge in [-0.3, -0.25) is 0 Å². The molecule has 24 heavy (non-hydrogen) atoms. The van der Waals surface area contributed by atoms with Crippen LogP contribution in [0.1, 0.15) is 72.4 Å². The molecule has 3 heterocycles. The van der Waals surface area contributed by atoms with E-state index >= 15 is 0 Å². The second-order valence-electron chi connectivity index (χ2n) is 6.87. The van der Waals surface area contributed by atoms with Crippen molar-refractivity contribution in [1.82, 2.24) is 15.0 Å². The fourth-order valence-corrected chi connectivity index (χ4v) is 4.64. The summed E-state index contributed by atoms with van der Waals surface area (Å²) >= 11 is 3.59. The normalized spacial score (nSPS) is 14.2. The lowest BCUT2D eigenvalue weighted by atomic mass is 10.0. The van der Waals surface area contributed by atoms with Gasteiger partial charge in [-0.05, 0) is 24.5 Å². The van der Waals surface area contributed by atoms with Crippen LogP contribution in [0.2, 0.25) is 0 Å². The zero-order valence-corrected chi connectivity index (χ0v) is 16.4. The minimum absolute atomic E-state index is 0.399. The SMILES string of the molecule is CC(C)c1ccc(CC(C)c2cnc(CC(C)c3cscn3)[nH]2)s1. The first-order chi connectivity index (χ1) is 11.5. The van der Waals surface area contributed by atoms with Crippen molar-refractivity contribution in [2.75, 3.05) is 0 Å². The van der Waals surface area contributed by atoms with E-state index in [4.69, 9.17) is 0 Å². The van der Waals surface area contributed by atoms with Crippen LogP contribution in [-0.4, -0.2) is 15.0 Å². The Hall–Kier alpha value is -1.46. The minimum atomic E-state index is 0.399. The van der Waals surface area contributed by atoms with Crippen molar-refractivity contribution in [2.45, 2.75) is 58.3 Å². The maximum Gasteiger partial charge on any atom is 0.106 e. The third-order valence-electron chi connectivity index (χ3n) is 4.39. The van der Waals surface area contributed by atoms with Gasteiger partial charge in [-0.25, -0.2) is 9.97 Å². The quantitative estimate of drug-likeness (QED) is 0.584. The molecule has 0 saturated heterocycles. The summed E-state index contributed by atoms with van der Waals surface area (Å²) in [6.45, 7) is 8.99. The van der Waals surface area contributed by atoms with Crippen LogP contribution < -0.4 is 0 Å². The van der Waals surface area contributed by atoms with E-state index in [0.29, 0.717) is 17.8 Å². The highest BCUT2D eigenvalue weighted by Gasteiger charge is 2.15. The molecule has 2 atom stereocenters. The molecule has 2 unspecified atom stereocenters. The van der Waals surface area contributed by atoms with Crippen LogP contribution in [0.25, 0.3) is 0 Å². The Kier molecular flexibility index (Phi) is 5.51. The molecule has 0 bridgehead atoms. The topological polar surface area (TPSA) is 41.6 Å². The fraction of sp³-hybridized carbons (Fsp3) is 0.474. The van der Waals surface area contributed by atoms with E-state index in [1.165, 1.54) is 15.4 Å². The molecule has 0 radical (unpaired) electrons. The van der Waals surface area contributed by atoms with Crippen LogP contribution in [0.4, 0.5) is 0 Å². The summed E-state index contributed by atoms with van der Waals surface area (Å²) in [6, 6.07) is 4.55. The van der Waals surface area contributed by atoms with E-state index in [1.54, 1.807) is 11.3 Å². The van der Waals surface area contributed by atoms with Crippen LogP contribution in [0, 0.1) is 0 Å². The molecule has 0 fully saturated rings. The van der Waals surface area contributed by atoms with Crippen molar-refractivity contribution < 1.29 is 0 Å². The summed E-state index contributed by atoms with van der Waals surface area (Å²) in [6.07, 6.45) is 3.98. The fourth-order valence-electron chi connectivity index (χ4n) is 2.82. The van der Waals surface area contributed by atoms with Gasteiger partial charge < -0.3 is 4.98 Å². The molecule has 0 amide bonds. The Labute approximate surface area is 152 Å². The lowest BCUT2D eigenvalue weighted by molar-refractivity contribution is 0.696. The molecule has 1 N–H and O–H groups in total. The van der Waals surface area contributed by atoms with Crippen LogP contribution in [0.15, 0.2) is 29.2 Å². The number of thiophene rings is 1. The molecule has 3 rings (SSSR count). The van der Waals surface area contributed by atoms with Gasteiger partial charge in [0.15, 0.2) is 0 Å². The second-order valence-corrected chi connectivity index (χ2v) is 8.79. The number of rotatable bonds is 7. The number of aromatic nitrogens is 3. The Balaban J connectivity index is 1.61. The standard InChI is InChI=1S/C19H25N3S2/c1-12(2)18-6-5-15(24-18)7-13(3)16-9-20-19(22-16)8-14(4)17-10-23-11-21-17/h5-6,9-14H,7-8H2,1-4H3,(H,20,22). The molecule has 3 aromatic heterocycles. The number of H-pyrrole nitrogens is 1. The zero-order valence-electron chi connectivity index (χ0n) is 14.7. The molecule has 0 spiro atoms. The van der Waals surface area contributed by atoms with E-state index in [1.807, 2.05) is 23.0 Å². The van der Waals surface area contributed by atoms with E-state index in [0.717, 1.165) is 24.4 Å². The first kappa shape index (κ1) is 17.4. The lowest BCUT2D eigenvalue weighted by Crippen LogP contribution is -2.02. The third kappa shape index (κ3) is 4.14. The molecule has 3 aromatic rings. The zero-order chi connectivity index (χ0) is 17.1. The first-order valence-electron chi connectivity index (χ1n) is 8.53. The minimum Gasteiger partial charge on any atom is -0.346 e. The first-order valence-corrected chi connectivity index (χ1v) is 10.3. The molecule has 128 valence electrons. The highest BCUT2D eigenvalue weighted by atomic mass is 32.1. The molecule has 0 aliphatic rings. The monoisotopic (exact) mass is 359 g/mol. The smallest absolute Gasteiger partial charge is 0.106 e. The number of aromatic amines is 1. The molecule has 5 heteroatoms. The second kappa shape index (κ2) is 7.62. The Morgan fingerprint density at radius 3 is 2.54 bits per heavy atom. The lowest BCUT2D eigenvalue weighted by Gasteiger charge is -2.08. The van der Waals surface area contributed by atoms with Gasteiger partial charge in [0.2, 0.25) is 0 Å². The van der Waals surface area contributed by atoms with E-state index in [2.05, 4.69) is 60.2 Å². The van der Waals surface area contributed by atoms with Crippen LogP contribution in [0.5, 0.6) is 0 Å². The van der Waals surface area contributed by atoms with Gasteiger partial charge in [0.1, 0.15) is 5.82 Å². The third-order valence-corrected chi connectivity index (χ3v) is 6.41. The predicted molar refractivity (Wildman–Crippen MR) is 103 cm³/mol. The largest absolute Gasteiger partial charge is 0.346 e. The molecule has 0 aliphatic carbocycles. The Morgan fingerprint density at radius 2 is 1.88 bits per heavy atom. The predicted octanol–water partition coefficient (Wildman–Crippen LogP) is 5.74. The van der Waals surface area contributed by atoms with Crippen molar-refractivity contribution in [1.29, 1.82) is 0 Å². The Morgan fingerprint density at radius 1 is 1.04 bits per heavy atom. The maximum absolute atomic E-state index is 4.59. The average Bonchev–Trinajstić information content (AvgIpc) is 3.28. The highest BCUT2D eigenvalue weighted by molar-refractivity contribution is 7.12. The summed E-state index contributed by atoms with van der Waals surface area (Å²) in [5.41, 5.74) is 4.29. The molecule has 0 saturated carbocycles. The average molecular weight is 360 g/mol. The molecular formula is C19H25N3S2. The van der Waals surface area contributed by atoms with E-state index in [-0.39, 0.29) is 0 Å². The van der Waals surface area contributed by atoms with Crippen molar-refractivity contribution in [3.63, 3.8) is 0 Å². The van der Waals surface area contributed by atoms with Crippen molar-refractivity contribution in [2.24, 2.45) is 0 Å². The van der Waals surface area contributed by atoms with Crippen LogP contribution in [-0.2, 0) is 12.8 Å². The van der Waals surface area contributed by atoms with Gasteiger partial charge in [0, 0.05) is 45.3 Å².